The van der Waals surface area contributed by atoms with E-state index in [4.69, 9.17) is 15.7 Å². The molecule has 2 N–H and O–H groups in total. The molecular formula is C17H15N3O. The van der Waals surface area contributed by atoms with Gasteiger partial charge in [0.25, 0.3) is 0 Å². The topological polar surface area (TPSA) is 71.9 Å². The van der Waals surface area contributed by atoms with Crippen molar-refractivity contribution in [1.82, 2.24) is 4.98 Å². The van der Waals surface area contributed by atoms with Crippen LogP contribution in [-0.4, -0.2) is 11.5 Å². The molecule has 1 heterocycles. The van der Waals surface area contributed by atoms with Crippen LogP contribution in [0, 0.1) is 30.1 Å². The molecule has 0 radical (unpaired) electrons. The fourth-order valence-corrected chi connectivity index (χ4v) is 1.81. The highest BCUT2D eigenvalue weighted by Gasteiger charge is 2.02. The zero-order valence-corrected chi connectivity index (χ0v) is 11.8. The largest absolute Gasteiger partial charge is 0.487 e. The summed E-state index contributed by atoms with van der Waals surface area (Å²) in [7, 11) is 0. The molecule has 0 aliphatic rings. The molecule has 2 rings (SSSR count). The van der Waals surface area contributed by atoms with E-state index >= 15 is 0 Å². The molecular weight excluding hydrogens is 262 g/mol. The van der Waals surface area contributed by atoms with E-state index in [1.54, 1.807) is 18.5 Å². The smallest absolute Gasteiger partial charge is 0.139 e. The number of rotatable bonds is 3. The molecule has 0 bridgehead atoms. The molecule has 0 aliphatic heterocycles. The minimum atomic E-state index is 0.315. The second-order valence-corrected chi connectivity index (χ2v) is 4.46. The van der Waals surface area contributed by atoms with Crippen LogP contribution in [0.5, 0.6) is 5.75 Å². The van der Waals surface area contributed by atoms with Crippen LogP contribution in [-0.2, 0) is 6.61 Å². The van der Waals surface area contributed by atoms with Gasteiger partial charge in [-0.15, -0.1) is 0 Å². The third-order valence-corrected chi connectivity index (χ3v) is 2.91. The summed E-state index contributed by atoms with van der Waals surface area (Å²) in [5, 5.41) is 8.85. The number of nitrogens with zero attached hydrogens (tertiary/aromatic N) is 2. The number of aryl methyl sites for hydroxylation is 1. The van der Waals surface area contributed by atoms with Crippen molar-refractivity contribution >= 4 is 0 Å². The summed E-state index contributed by atoms with van der Waals surface area (Å²) in [5.74, 6) is 6.35. The van der Waals surface area contributed by atoms with E-state index in [1.807, 2.05) is 25.1 Å². The minimum absolute atomic E-state index is 0.315. The van der Waals surface area contributed by atoms with Crippen molar-refractivity contribution in [2.45, 2.75) is 13.5 Å². The summed E-state index contributed by atoms with van der Waals surface area (Å²) >= 11 is 0. The highest BCUT2D eigenvalue weighted by molar-refractivity contribution is 5.39. The lowest BCUT2D eigenvalue weighted by Crippen LogP contribution is -1.99. The van der Waals surface area contributed by atoms with Gasteiger partial charge in [-0.1, -0.05) is 17.9 Å². The van der Waals surface area contributed by atoms with Gasteiger partial charge in [0.05, 0.1) is 24.4 Å². The first-order valence-corrected chi connectivity index (χ1v) is 6.49. The maximum absolute atomic E-state index is 8.85. The second-order valence-electron chi connectivity index (χ2n) is 4.46. The Morgan fingerprint density at radius 2 is 2.10 bits per heavy atom. The Hall–Kier alpha value is -2.82. The lowest BCUT2D eigenvalue weighted by atomic mass is 10.1. The van der Waals surface area contributed by atoms with Crippen molar-refractivity contribution in [3.8, 4) is 23.7 Å². The number of nitriles is 1. The fraction of sp³-hybridized carbons (Fsp3) is 0.176. The van der Waals surface area contributed by atoms with Gasteiger partial charge in [0.2, 0.25) is 0 Å². The number of hydrogen-bond donors (Lipinski definition) is 1. The quantitative estimate of drug-likeness (QED) is 0.873. The van der Waals surface area contributed by atoms with Gasteiger partial charge < -0.3 is 10.5 Å². The average molecular weight is 277 g/mol. The maximum Gasteiger partial charge on any atom is 0.139 e. The van der Waals surface area contributed by atoms with E-state index in [0.717, 1.165) is 16.7 Å². The fourth-order valence-electron chi connectivity index (χ4n) is 1.81. The van der Waals surface area contributed by atoms with Crippen molar-refractivity contribution in [2.24, 2.45) is 5.73 Å². The average Bonchev–Trinajstić information content (AvgIpc) is 2.52. The Morgan fingerprint density at radius 1 is 1.24 bits per heavy atom. The molecule has 21 heavy (non-hydrogen) atoms. The van der Waals surface area contributed by atoms with Crippen molar-refractivity contribution in [3.05, 3.63) is 58.9 Å². The van der Waals surface area contributed by atoms with Gasteiger partial charge in [0.1, 0.15) is 12.4 Å². The predicted molar refractivity (Wildman–Crippen MR) is 80.4 cm³/mol. The molecule has 0 saturated heterocycles. The molecule has 0 saturated carbocycles. The van der Waals surface area contributed by atoms with Gasteiger partial charge in [-0.2, -0.15) is 5.26 Å². The zero-order valence-electron chi connectivity index (χ0n) is 11.8. The van der Waals surface area contributed by atoms with Crippen LogP contribution in [0.4, 0.5) is 0 Å². The van der Waals surface area contributed by atoms with E-state index in [9.17, 15) is 0 Å². The molecule has 1 aromatic carbocycles. The Balaban J connectivity index is 2.08. The summed E-state index contributed by atoms with van der Waals surface area (Å²) in [6.07, 6.45) is 3.31. The monoisotopic (exact) mass is 277 g/mol. The van der Waals surface area contributed by atoms with Crippen molar-refractivity contribution in [2.75, 3.05) is 6.54 Å². The summed E-state index contributed by atoms with van der Waals surface area (Å²) < 4.78 is 5.72. The van der Waals surface area contributed by atoms with Crippen LogP contribution in [0.15, 0.2) is 36.7 Å². The van der Waals surface area contributed by atoms with E-state index in [2.05, 4.69) is 22.9 Å². The lowest BCUT2D eigenvalue weighted by molar-refractivity contribution is 0.304. The Morgan fingerprint density at radius 3 is 2.81 bits per heavy atom. The molecule has 104 valence electrons. The molecule has 0 aliphatic carbocycles. The minimum Gasteiger partial charge on any atom is -0.487 e. The number of hydrogen-bond acceptors (Lipinski definition) is 4. The Kier molecular flexibility index (Phi) is 4.93. The van der Waals surface area contributed by atoms with E-state index in [1.165, 1.54) is 0 Å². The third kappa shape index (κ3) is 4.07. The first-order valence-electron chi connectivity index (χ1n) is 6.49. The normalized spacial score (nSPS) is 9.38. The summed E-state index contributed by atoms with van der Waals surface area (Å²) in [4.78, 5) is 4.09. The molecule has 0 unspecified atom stereocenters. The number of nitrogens with two attached hydrogens (primary N) is 1. The number of benzene rings is 1. The lowest BCUT2D eigenvalue weighted by Gasteiger charge is -2.09. The molecule has 4 heteroatoms. The number of aromatic nitrogens is 1. The third-order valence-electron chi connectivity index (χ3n) is 2.91. The Labute approximate surface area is 124 Å². The molecule has 4 nitrogen and oxygen atoms in total. The molecule has 0 atom stereocenters. The standard InChI is InChI=1S/C17H15N3O/c1-13-7-14(9-19)4-5-16(13)12-21-17-8-15(3-2-6-18)10-20-11-17/h4-5,7-8,10-11H,6,12,18H2,1H3. The van der Waals surface area contributed by atoms with E-state index in [0.29, 0.717) is 24.5 Å². The summed E-state index contributed by atoms with van der Waals surface area (Å²) in [6.45, 7) is 2.70. The molecule has 1 aromatic heterocycles. The summed E-state index contributed by atoms with van der Waals surface area (Å²) in [5.41, 5.74) is 8.83. The van der Waals surface area contributed by atoms with Gasteiger partial charge in [0.15, 0.2) is 0 Å². The van der Waals surface area contributed by atoms with Crippen LogP contribution < -0.4 is 10.5 Å². The van der Waals surface area contributed by atoms with Crippen LogP contribution in [0.1, 0.15) is 22.3 Å². The highest BCUT2D eigenvalue weighted by Crippen LogP contribution is 2.16. The number of ether oxygens (including phenoxy) is 1. The molecule has 0 spiro atoms. The molecule has 0 amide bonds. The number of pyridine rings is 1. The zero-order chi connectivity index (χ0) is 15.1. The van der Waals surface area contributed by atoms with Crippen molar-refractivity contribution in [1.29, 1.82) is 5.26 Å². The first-order chi connectivity index (χ1) is 10.2. The van der Waals surface area contributed by atoms with Crippen LogP contribution >= 0.6 is 0 Å². The molecule has 0 fully saturated rings. The molecule has 2 aromatic rings. The highest BCUT2D eigenvalue weighted by atomic mass is 16.5. The van der Waals surface area contributed by atoms with E-state index in [-0.39, 0.29) is 0 Å². The van der Waals surface area contributed by atoms with E-state index < -0.39 is 0 Å². The second kappa shape index (κ2) is 7.09. The maximum atomic E-state index is 8.85. The summed E-state index contributed by atoms with van der Waals surface area (Å²) in [6, 6.07) is 9.48. The Bertz CT molecular complexity index is 736. The predicted octanol–water partition coefficient (Wildman–Crippen LogP) is 2.15. The van der Waals surface area contributed by atoms with Gasteiger partial charge in [0, 0.05) is 11.8 Å². The van der Waals surface area contributed by atoms with Gasteiger partial charge in [-0.3, -0.25) is 4.98 Å². The van der Waals surface area contributed by atoms with Crippen LogP contribution in [0.25, 0.3) is 0 Å². The van der Waals surface area contributed by atoms with Crippen molar-refractivity contribution < 1.29 is 4.74 Å². The van der Waals surface area contributed by atoms with Crippen LogP contribution in [0.3, 0.4) is 0 Å². The van der Waals surface area contributed by atoms with Gasteiger partial charge >= 0.3 is 0 Å². The first kappa shape index (κ1) is 14.6. The SMILES string of the molecule is Cc1cc(C#N)ccc1COc1cncc(C#CCN)c1. The van der Waals surface area contributed by atoms with Crippen LogP contribution in [0.2, 0.25) is 0 Å². The van der Waals surface area contributed by atoms with Crippen molar-refractivity contribution in [3.63, 3.8) is 0 Å². The van der Waals surface area contributed by atoms with Gasteiger partial charge in [-0.05, 0) is 36.2 Å². The van der Waals surface area contributed by atoms with Gasteiger partial charge in [-0.25, -0.2) is 0 Å².